The van der Waals surface area contributed by atoms with E-state index in [0.717, 1.165) is 56.5 Å². The number of pyridine rings is 1. The molecule has 0 saturated carbocycles. The van der Waals surface area contributed by atoms with Gasteiger partial charge in [0.25, 0.3) is 5.91 Å². The van der Waals surface area contributed by atoms with Crippen molar-refractivity contribution < 1.29 is 9.21 Å². The summed E-state index contributed by atoms with van der Waals surface area (Å²) >= 11 is 0. The molecule has 8 nitrogen and oxygen atoms in total. The van der Waals surface area contributed by atoms with Crippen LogP contribution >= 0.6 is 0 Å². The van der Waals surface area contributed by atoms with E-state index < -0.39 is 0 Å². The number of nitrogens with one attached hydrogen (secondary N) is 2. The number of guanidine groups is 1. The average Bonchev–Trinajstić information content (AvgIpc) is 3.19. The lowest BCUT2D eigenvalue weighted by Crippen LogP contribution is -2.52. The van der Waals surface area contributed by atoms with E-state index in [4.69, 9.17) is 9.41 Å². The predicted octanol–water partition coefficient (Wildman–Crippen LogP) is 1.89. The van der Waals surface area contributed by atoms with Crippen molar-refractivity contribution in [1.82, 2.24) is 20.5 Å². The Bertz CT molecular complexity index is 797. The molecule has 2 N–H and O–H groups in total. The smallest absolute Gasteiger partial charge is 0.287 e. The van der Waals surface area contributed by atoms with Crippen molar-refractivity contribution in [2.45, 2.75) is 20.3 Å². The highest BCUT2D eigenvalue weighted by atomic mass is 16.3. The van der Waals surface area contributed by atoms with Crippen LogP contribution in [0, 0.1) is 6.92 Å². The highest BCUT2D eigenvalue weighted by Crippen LogP contribution is 2.12. The Morgan fingerprint density at radius 1 is 1.21 bits per heavy atom. The van der Waals surface area contributed by atoms with Gasteiger partial charge in [-0.2, -0.15) is 0 Å². The lowest BCUT2D eigenvalue weighted by atomic mass is 10.2. The van der Waals surface area contributed by atoms with Crippen LogP contribution in [0.15, 0.2) is 46.1 Å². The summed E-state index contributed by atoms with van der Waals surface area (Å²) in [5.74, 6) is 2.17. The van der Waals surface area contributed by atoms with Gasteiger partial charge in [0.05, 0.1) is 6.26 Å². The Kier molecular flexibility index (Phi) is 7.49. The molecule has 1 amide bonds. The van der Waals surface area contributed by atoms with Crippen LogP contribution in [-0.4, -0.2) is 67.6 Å². The number of amides is 1. The lowest BCUT2D eigenvalue weighted by Gasteiger charge is -2.37. The largest absolute Gasteiger partial charge is 0.459 e. The van der Waals surface area contributed by atoms with Crippen LogP contribution in [0.2, 0.25) is 0 Å². The molecule has 1 aliphatic rings. The van der Waals surface area contributed by atoms with Gasteiger partial charge in [0.1, 0.15) is 5.82 Å². The van der Waals surface area contributed by atoms with Gasteiger partial charge in [-0.3, -0.25) is 9.79 Å². The summed E-state index contributed by atoms with van der Waals surface area (Å²) < 4.78 is 5.21. The van der Waals surface area contributed by atoms with E-state index in [2.05, 4.69) is 32.3 Å². The van der Waals surface area contributed by atoms with Crippen LogP contribution < -0.4 is 15.5 Å². The molecule has 29 heavy (non-hydrogen) atoms. The number of furan rings is 1. The highest BCUT2D eigenvalue weighted by Gasteiger charge is 2.20. The fraction of sp³-hybridized carbons (Fsp3) is 0.476. The van der Waals surface area contributed by atoms with Crippen molar-refractivity contribution in [3.8, 4) is 0 Å². The van der Waals surface area contributed by atoms with Crippen molar-refractivity contribution in [2.75, 3.05) is 50.7 Å². The second kappa shape index (κ2) is 10.5. The van der Waals surface area contributed by atoms with E-state index in [1.54, 1.807) is 6.07 Å². The third-order valence-corrected chi connectivity index (χ3v) is 4.84. The standard InChI is InChI=1S/C21H30N6O2/c1-3-22-21(25-11-6-10-24-20(28)19-17(2)8-16-29-19)27-14-12-26(13-15-27)18-7-4-5-9-23-18/h4-5,7-9,16H,3,6,10-15H2,1-2H3,(H,22,25)(H,24,28). The molecule has 1 saturated heterocycles. The van der Waals surface area contributed by atoms with E-state index >= 15 is 0 Å². The summed E-state index contributed by atoms with van der Waals surface area (Å²) in [7, 11) is 0. The predicted molar refractivity (Wildman–Crippen MR) is 114 cm³/mol. The summed E-state index contributed by atoms with van der Waals surface area (Å²) in [6.07, 6.45) is 4.14. The van der Waals surface area contributed by atoms with Crippen LogP contribution in [-0.2, 0) is 0 Å². The van der Waals surface area contributed by atoms with Gasteiger partial charge < -0.3 is 24.9 Å². The summed E-state index contributed by atoms with van der Waals surface area (Å²) in [5.41, 5.74) is 0.847. The molecule has 2 aromatic rings. The maximum Gasteiger partial charge on any atom is 0.287 e. The van der Waals surface area contributed by atoms with Gasteiger partial charge in [0.2, 0.25) is 0 Å². The monoisotopic (exact) mass is 398 g/mol. The number of hydrogen-bond donors (Lipinski definition) is 2. The molecule has 0 radical (unpaired) electrons. The zero-order valence-electron chi connectivity index (χ0n) is 17.2. The van der Waals surface area contributed by atoms with Gasteiger partial charge >= 0.3 is 0 Å². The first-order chi connectivity index (χ1) is 14.2. The Morgan fingerprint density at radius 3 is 2.69 bits per heavy atom. The number of anilines is 1. The Balaban J connectivity index is 1.44. The molecule has 1 aliphatic heterocycles. The van der Waals surface area contributed by atoms with E-state index in [1.165, 1.54) is 6.26 Å². The Morgan fingerprint density at radius 2 is 2.03 bits per heavy atom. The number of aliphatic imine (C=N–C) groups is 1. The zero-order valence-corrected chi connectivity index (χ0v) is 17.2. The number of hydrogen-bond acceptors (Lipinski definition) is 5. The number of piperazine rings is 1. The highest BCUT2D eigenvalue weighted by molar-refractivity contribution is 5.92. The quantitative estimate of drug-likeness (QED) is 0.421. The van der Waals surface area contributed by atoms with Crippen LogP contribution in [0.5, 0.6) is 0 Å². The normalized spacial score (nSPS) is 14.8. The minimum absolute atomic E-state index is 0.172. The zero-order chi connectivity index (χ0) is 20.5. The van der Waals surface area contributed by atoms with Crippen LogP contribution in [0.3, 0.4) is 0 Å². The van der Waals surface area contributed by atoms with Gasteiger partial charge in [-0.15, -0.1) is 0 Å². The Hall–Kier alpha value is -3.03. The maximum atomic E-state index is 12.1. The number of nitrogens with zero attached hydrogens (tertiary/aromatic N) is 4. The first-order valence-corrected chi connectivity index (χ1v) is 10.2. The minimum Gasteiger partial charge on any atom is -0.459 e. The lowest BCUT2D eigenvalue weighted by molar-refractivity contribution is 0.0925. The van der Waals surface area contributed by atoms with Crippen LogP contribution in [0.4, 0.5) is 5.82 Å². The topological polar surface area (TPSA) is 86.0 Å². The van der Waals surface area contributed by atoms with E-state index in [9.17, 15) is 4.79 Å². The third kappa shape index (κ3) is 5.73. The molecule has 0 bridgehead atoms. The van der Waals surface area contributed by atoms with E-state index in [-0.39, 0.29) is 5.91 Å². The first kappa shape index (κ1) is 20.7. The van der Waals surface area contributed by atoms with Crippen molar-refractivity contribution >= 4 is 17.7 Å². The van der Waals surface area contributed by atoms with Crippen LogP contribution in [0.25, 0.3) is 0 Å². The number of aryl methyl sites for hydroxylation is 1. The third-order valence-electron chi connectivity index (χ3n) is 4.84. The van der Waals surface area contributed by atoms with Gasteiger partial charge in [0, 0.05) is 57.6 Å². The molecule has 3 rings (SSSR count). The second-order valence-corrected chi connectivity index (χ2v) is 6.94. The minimum atomic E-state index is -0.172. The van der Waals surface area contributed by atoms with E-state index in [1.807, 2.05) is 31.3 Å². The molecule has 0 unspecified atom stereocenters. The van der Waals surface area contributed by atoms with Crippen molar-refractivity contribution in [3.05, 3.63) is 48.0 Å². The average molecular weight is 399 g/mol. The molecule has 0 aromatic carbocycles. The summed E-state index contributed by atoms with van der Waals surface area (Å²) in [6, 6.07) is 7.79. The summed E-state index contributed by atoms with van der Waals surface area (Å²) in [5, 5.41) is 6.26. The molecular formula is C21H30N6O2. The number of carbonyl (C=O) groups is 1. The van der Waals surface area contributed by atoms with Crippen molar-refractivity contribution in [1.29, 1.82) is 0 Å². The summed E-state index contributed by atoms with van der Waals surface area (Å²) in [6.45, 7) is 9.61. The molecule has 0 atom stereocenters. The molecule has 0 spiro atoms. The molecule has 156 valence electrons. The van der Waals surface area contributed by atoms with Gasteiger partial charge in [0.15, 0.2) is 11.7 Å². The molecule has 3 heterocycles. The van der Waals surface area contributed by atoms with Gasteiger partial charge in [-0.1, -0.05) is 6.07 Å². The second-order valence-electron chi connectivity index (χ2n) is 6.94. The summed E-state index contributed by atoms with van der Waals surface area (Å²) in [4.78, 5) is 25.8. The Labute approximate surface area is 172 Å². The van der Waals surface area contributed by atoms with Crippen LogP contribution in [0.1, 0.15) is 29.5 Å². The SMILES string of the molecule is CCNC(=NCCCNC(=O)c1occc1C)N1CCN(c2ccccn2)CC1. The fourth-order valence-electron chi connectivity index (χ4n) is 3.27. The number of carbonyl (C=O) groups excluding carboxylic acids is 1. The van der Waals surface area contributed by atoms with Gasteiger partial charge in [-0.25, -0.2) is 4.98 Å². The molecule has 1 fully saturated rings. The van der Waals surface area contributed by atoms with Crippen molar-refractivity contribution in [3.63, 3.8) is 0 Å². The maximum absolute atomic E-state index is 12.1. The molecule has 2 aromatic heterocycles. The molecular weight excluding hydrogens is 368 g/mol. The fourth-order valence-corrected chi connectivity index (χ4v) is 3.27. The van der Waals surface area contributed by atoms with Gasteiger partial charge in [-0.05, 0) is 38.5 Å². The van der Waals surface area contributed by atoms with E-state index in [0.29, 0.717) is 18.8 Å². The molecule has 8 heteroatoms. The first-order valence-electron chi connectivity index (χ1n) is 10.2. The molecule has 0 aliphatic carbocycles. The number of aromatic nitrogens is 1. The number of rotatable bonds is 7. The van der Waals surface area contributed by atoms with Crippen molar-refractivity contribution in [2.24, 2.45) is 4.99 Å².